The molecule has 96 valence electrons. The molecule has 0 saturated carbocycles. The van der Waals surface area contributed by atoms with Crippen molar-refractivity contribution in [1.82, 2.24) is 5.32 Å². The lowest BCUT2D eigenvalue weighted by Crippen LogP contribution is -2.45. The van der Waals surface area contributed by atoms with E-state index < -0.39 is 5.54 Å². The lowest BCUT2D eigenvalue weighted by Gasteiger charge is -2.26. The van der Waals surface area contributed by atoms with E-state index >= 15 is 0 Å². The summed E-state index contributed by atoms with van der Waals surface area (Å²) in [6.07, 6.45) is 1.41. The second-order valence-corrected chi connectivity index (χ2v) is 4.77. The molecule has 0 aliphatic rings. The van der Waals surface area contributed by atoms with E-state index in [-0.39, 0.29) is 0 Å². The van der Waals surface area contributed by atoms with Crippen LogP contribution in [-0.4, -0.2) is 12.6 Å². The van der Waals surface area contributed by atoms with Crippen molar-refractivity contribution in [2.45, 2.75) is 18.4 Å². The van der Waals surface area contributed by atoms with E-state index in [4.69, 9.17) is 0 Å². The summed E-state index contributed by atoms with van der Waals surface area (Å²) in [6.45, 7) is 0. The van der Waals surface area contributed by atoms with Crippen LogP contribution < -0.4 is 5.32 Å². The minimum Gasteiger partial charge on any atom is -0.302 e. The van der Waals surface area contributed by atoms with Crippen LogP contribution in [0.4, 0.5) is 0 Å². The SMILES string of the molecule is CNC(C#N)(Cc1ccccc1)Cc1ccccc1. The van der Waals surface area contributed by atoms with Gasteiger partial charge in [0.1, 0.15) is 5.54 Å². The molecule has 0 fully saturated rings. The highest BCUT2D eigenvalue weighted by atomic mass is 14.9. The highest BCUT2D eigenvalue weighted by Crippen LogP contribution is 2.18. The molecule has 0 unspecified atom stereocenters. The van der Waals surface area contributed by atoms with Gasteiger partial charge in [0.05, 0.1) is 6.07 Å². The van der Waals surface area contributed by atoms with Crippen LogP contribution in [0.1, 0.15) is 11.1 Å². The second kappa shape index (κ2) is 6.17. The second-order valence-electron chi connectivity index (χ2n) is 4.77. The molecular weight excluding hydrogens is 232 g/mol. The Kier molecular flexibility index (Phi) is 4.33. The van der Waals surface area contributed by atoms with Crippen LogP contribution in [0.15, 0.2) is 60.7 Å². The minimum atomic E-state index is -0.553. The summed E-state index contributed by atoms with van der Waals surface area (Å²) < 4.78 is 0. The Labute approximate surface area is 114 Å². The number of hydrogen-bond acceptors (Lipinski definition) is 2. The monoisotopic (exact) mass is 250 g/mol. The third kappa shape index (κ3) is 3.43. The molecule has 0 heterocycles. The average Bonchev–Trinajstić information content (AvgIpc) is 2.48. The fraction of sp³-hybridized carbons (Fsp3) is 0.235. The Morgan fingerprint density at radius 1 is 0.895 bits per heavy atom. The normalized spacial score (nSPS) is 10.9. The summed E-state index contributed by atoms with van der Waals surface area (Å²) in [6, 6.07) is 22.7. The summed E-state index contributed by atoms with van der Waals surface area (Å²) >= 11 is 0. The predicted octanol–water partition coefficient (Wildman–Crippen LogP) is 2.95. The number of likely N-dealkylation sites (N-methyl/N-ethyl adjacent to an activating group) is 1. The van der Waals surface area contributed by atoms with Gasteiger partial charge >= 0.3 is 0 Å². The van der Waals surface area contributed by atoms with E-state index in [1.54, 1.807) is 0 Å². The highest BCUT2D eigenvalue weighted by molar-refractivity contribution is 5.27. The number of hydrogen-bond donors (Lipinski definition) is 1. The van der Waals surface area contributed by atoms with E-state index in [9.17, 15) is 5.26 Å². The molecule has 0 radical (unpaired) electrons. The molecule has 0 aromatic heterocycles. The van der Waals surface area contributed by atoms with Crippen molar-refractivity contribution in [1.29, 1.82) is 5.26 Å². The van der Waals surface area contributed by atoms with Crippen LogP contribution in [0.25, 0.3) is 0 Å². The Balaban J connectivity index is 2.21. The van der Waals surface area contributed by atoms with E-state index in [2.05, 4.69) is 35.7 Å². The highest BCUT2D eigenvalue weighted by Gasteiger charge is 2.28. The smallest absolute Gasteiger partial charge is 0.114 e. The standard InChI is InChI=1S/C17H18N2/c1-19-17(14-18,12-15-8-4-2-5-9-15)13-16-10-6-3-7-11-16/h2-11,19H,12-13H2,1H3. The largest absolute Gasteiger partial charge is 0.302 e. The van der Waals surface area contributed by atoms with Crippen molar-refractivity contribution < 1.29 is 0 Å². The molecule has 0 spiro atoms. The number of nitriles is 1. The quantitative estimate of drug-likeness (QED) is 0.885. The molecule has 0 atom stereocenters. The third-order valence-electron chi connectivity index (χ3n) is 3.39. The lowest BCUT2D eigenvalue weighted by molar-refractivity contribution is 0.442. The fourth-order valence-electron chi connectivity index (χ4n) is 2.26. The van der Waals surface area contributed by atoms with Crippen LogP contribution in [-0.2, 0) is 12.8 Å². The minimum absolute atomic E-state index is 0.553. The van der Waals surface area contributed by atoms with Gasteiger partial charge in [0.2, 0.25) is 0 Å². The van der Waals surface area contributed by atoms with Crippen LogP contribution in [0.2, 0.25) is 0 Å². The van der Waals surface area contributed by atoms with Gasteiger partial charge in [0, 0.05) is 12.8 Å². The van der Waals surface area contributed by atoms with Gasteiger partial charge in [-0.3, -0.25) is 0 Å². The van der Waals surface area contributed by atoms with Gasteiger partial charge in [-0.2, -0.15) is 5.26 Å². The van der Waals surface area contributed by atoms with Crippen LogP contribution in [0, 0.1) is 11.3 Å². The molecule has 2 aromatic carbocycles. The number of benzene rings is 2. The first kappa shape index (κ1) is 13.3. The molecule has 2 heteroatoms. The van der Waals surface area contributed by atoms with Crippen molar-refractivity contribution in [3.8, 4) is 6.07 Å². The first-order valence-electron chi connectivity index (χ1n) is 6.46. The Morgan fingerprint density at radius 3 is 1.63 bits per heavy atom. The van der Waals surface area contributed by atoms with E-state index in [0.717, 1.165) is 0 Å². The zero-order valence-electron chi connectivity index (χ0n) is 11.1. The Bertz CT molecular complexity index is 499. The van der Waals surface area contributed by atoms with Gasteiger partial charge in [-0.25, -0.2) is 0 Å². The van der Waals surface area contributed by atoms with E-state index in [0.29, 0.717) is 12.8 Å². The summed E-state index contributed by atoms with van der Waals surface area (Å²) in [4.78, 5) is 0. The zero-order chi connectivity index (χ0) is 13.6. The lowest BCUT2D eigenvalue weighted by atomic mass is 9.86. The molecule has 0 aliphatic heterocycles. The first-order valence-corrected chi connectivity index (χ1v) is 6.46. The Morgan fingerprint density at radius 2 is 1.32 bits per heavy atom. The number of nitrogens with zero attached hydrogens (tertiary/aromatic N) is 1. The molecule has 0 saturated heterocycles. The predicted molar refractivity (Wildman–Crippen MR) is 77.7 cm³/mol. The maximum Gasteiger partial charge on any atom is 0.114 e. The van der Waals surface area contributed by atoms with Crippen molar-refractivity contribution in [3.63, 3.8) is 0 Å². The molecule has 0 bridgehead atoms. The summed E-state index contributed by atoms with van der Waals surface area (Å²) in [7, 11) is 1.86. The van der Waals surface area contributed by atoms with Gasteiger partial charge < -0.3 is 5.32 Å². The van der Waals surface area contributed by atoms with Crippen molar-refractivity contribution in [3.05, 3.63) is 71.8 Å². The topological polar surface area (TPSA) is 35.8 Å². The molecular formula is C17H18N2. The number of nitrogens with one attached hydrogen (secondary N) is 1. The third-order valence-corrected chi connectivity index (χ3v) is 3.39. The maximum absolute atomic E-state index is 9.59. The molecule has 0 amide bonds. The summed E-state index contributed by atoms with van der Waals surface area (Å²) in [5.41, 5.74) is 1.80. The Hall–Kier alpha value is -2.11. The van der Waals surface area contributed by atoms with Gasteiger partial charge in [-0.1, -0.05) is 60.7 Å². The number of rotatable bonds is 5. The van der Waals surface area contributed by atoms with Gasteiger partial charge in [0.25, 0.3) is 0 Å². The molecule has 1 N–H and O–H groups in total. The maximum atomic E-state index is 9.59. The molecule has 19 heavy (non-hydrogen) atoms. The van der Waals surface area contributed by atoms with E-state index in [1.165, 1.54) is 11.1 Å². The van der Waals surface area contributed by atoms with Crippen molar-refractivity contribution in [2.75, 3.05) is 7.05 Å². The summed E-state index contributed by atoms with van der Waals surface area (Å²) in [5.74, 6) is 0. The van der Waals surface area contributed by atoms with Crippen LogP contribution in [0.5, 0.6) is 0 Å². The van der Waals surface area contributed by atoms with Gasteiger partial charge in [0.15, 0.2) is 0 Å². The molecule has 2 rings (SSSR count). The molecule has 2 aromatic rings. The van der Waals surface area contributed by atoms with Crippen molar-refractivity contribution in [2.24, 2.45) is 0 Å². The zero-order valence-corrected chi connectivity index (χ0v) is 11.1. The van der Waals surface area contributed by atoms with E-state index in [1.807, 2.05) is 43.4 Å². The summed E-state index contributed by atoms with van der Waals surface area (Å²) in [5, 5.41) is 12.8. The van der Waals surface area contributed by atoms with Crippen molar-refractivity contribution >= 4 is 0 Å². The molecule has 2 nitrogen and oxygen atoms in total. The van der Waals surface area contributed by atoms with Crippen LogP contribution >= 0.6 is 0 Å². The molecule has 0 aliphatic carbocycles. The fourth-order valence-corrected chi connectivity index (χ4v) is 2.26. The average molecular weight is 250 g/mol. The first-order chi connectivity index (χ1) is 9.28. The van der Waals surface area contributed by atoms with Gasteiger partial charge in [-0.05, 0) is 18.2 Å². The van der Waals surface area contributed by atoms with Gasteiger partial charge in [-0.15, -0.1) is 0 Å². The van der Waals surface area contributed by atoms with Crippen LogP contribution in [0.3, 0.4) is 0 Å².